The molecular weight excluding hydrogens is 537 g/mol. The van der Waals surface area contributed by atoms with Crippen molar-refractivity contribution in [2.75, 3.05) is 33.1 Å². The van der Waals surface area contributed by atoms with Crippen molar-refractivity contribution in [1.29, 1.82) is 0 Å². The van der Waals surface area contributed by atoms with E-state index in [0.29, 0.717) is 11.7 Å². The number of rotatable bonds is 6. The van der Waals surface area contributed by atoms with Crippen molar-refractivity contribution in [1.82, 2.24) is 10.2 Å². The summed E-state index contributed by atoms with van der Waals surface area (Å²) < 4.78 is 42.7. The number of aliphatic carboxylic acids is 1. The van der Waals surface area contributed by atoms with Crippen molar-refractivity contribution in [2.24, 2.45) is 0 Å². The molecule has 3 atom stereocenters. The molecule has 2 amide bonds. The Morgan fingerprint density at radius 2 is 1.73 bits per heavy atom. The Hall–Kier alpha value is -4.07. The van der Waals surface area contributed by atoms with Crippen molar-refractivity contribution in [3.63, 3.8) is 0 Å². The van der Waals surface area contributed by atoms with Crippen LogP contribution < -0.4 is 20.1 Å². The number of nitro benzene ring substituents is 1. The molecule has 1 saturated carbocycles. The first kappa shape index (κ1) is 30.5. The number of likely N-dealkylation sites (N-methyl/N-ethyl adjacent to an activating group) is 1. The second-order valence-corrected chi connectivity index (χ2v) is 9.65. The molecule has 11 nitrogen and oxygen atoms in total. The number of nitro groups is 1. The number of methoxy groups -OCH3 is 2. The minimum atomic E-state index is -5.08. The first-order valence-electron chi connectivity index (χ1n) is 12.4. The fourth-order valence-corrected chi connectivity index (χ4v) is 5.41. The molecule has 2 aromatic rings. The third kappa shape index (κ3) is 6.92. The van der Waals surface area contributed by atoms with E-state index in [1.807, 2.05) is 6.07 Å². The molecular formula is C26H31F3N4O7. The predicted octanol–water partition coefficient (Wildman–Crippen LogP) is 4.56. The van der Waals surface area contributed by atoms with Crippen LogP contribution >= 0.6 is 0 Å². The smallest absolute Gasteiger partial charge is 0.490 e. The maximum atomic E-state index is 12.6. The Morgan fingerprint density at radius 1 is 1.10 bits per heavy atom. The minimum absolute atomic E-state index is 0.0102. The number of nitrogens with zero attached hydrogens (tertiary/aromatic N) is 2. The molecule has 2 aliphatic rings. The van der Waals surface area contributed by atoms with Crippen molar-refractivity contribution in [3.8, 4) is 11.5 Å². The van der Waals surface area contributed by atoms with Gasteiger partial charge in [-0.05, 0) is 69.1 Å². The van der Waals surface area contributed by atoms with Crippen LogP contribution in [-0.2, 0) is 10.2 Å². The zero-order valence-corrected chi connectivity index (χ0v) is 22.2. The highest BCUT2D eigenvalue weighted by atomic mass is 19.4. The molecule has 1 heterocycles. The lowest BCUT2D eigenvalue weighted by molar-refractivity contribution is -0.384. The number of benzene rings is 2. The molecule has 0 aromatic heterocycles. The lowest BCUT2D eigenvalue weighted by Crippen LogP contribution is -2.52. The Labute approximate surface area is 228 Å². The molecule has 2 aromatic carbocycles. The fourth-order valence-electron chi connectivity index (χ4n) is 5.41. The Bertz CT molecular complexity index is 1230. The summed E-state index contributed by atoms with van der Waals surface area (Å²) in [6.45, 7) is 1.00. The highest BCUT2D eigenvalue weighted by Crippen LogP contribution is 2.49. The summed E-state index contributed by atoms with van der Waals surface area (Å²) in [6, 6.07) is 12.1. The summed E-state index contributed by atoms with van der Waals surface area (Å²) in [5.74, 6) is -1.30. The molecule has 1 saturated heterocycles. The van der Waals surface area contributed by atoms with Gasteiger partial charge in [0.1, 0.15) is 0 Å². The number of halogens is 3. The van der Waals surface area contributed by atoms with Gasteiger partial charge in [0.15, 0.2) is 11.5 Å². The predicted molar refractivity (Wildman–Crippen MR) is 139 cm³/mol. The molecule has 2 fully saturated rings. The highest BCUT2D eigenvalue weighted by Gasteiger charge is 2.50. The summed E-state index contributed by atoms with van der Waals surface area (Å²) in [5.41, 5.74) is 1.78. The summed E-state index contributed by atoms with van der Waals surface area (Å²) in [5, 5.41) is 23.8. The van der Waals surface area contributed by atoms with Gasteiger partial charge in [0.05, 0.1) is 19.1 Å². The number of hydrogen-bond donors (Lipinski definition) is 3. The molecule has 218 valence electrons. The zero-order chi connectivity index (χ0) is 29.7. The number of fused-ring (bicyclic) bond motifs is 1. The van der Waals surface area contributed by atoms with E-state index < -0.39 is 17.1 Å². The van der Waals surface area contributed by atoms with Gasteiger partial charge in [0.25, 0.3) is 5.69 Å². The molecule has 3 N–H and O–H groups in total. The lowest BCUT2D eigenvalue weighted by Gasteiger charge is -2.45. The average Bonchev–Trinajstić information content (AvgIpc) is 3.25. The molecule has 14 heteroatoms. The maximum Gasteiger partial charge on any atom is 0.490 e. The van der Waals surface area contributed by atoms with E-state index in [1.165, 1.54) is 29.8 Å². The molecule has 0 spiro atoms. The summed E-state index contributed by atoms with van der Waals surface area (Å²) in [6.07, 6.45) is -1.35. The van der Waals surface area contributed by atoms with Crippen molar-refractivity contribution >= 4 is 23.4 Å². The molecule has 0 unspecified atom stereocenters. The first-order chi connectivity index (χ1) is 18.8. The van der Waals surface area contributed by atoms with Gasteiger partial charge in [-0.1, -0.05) is 6.07 Å². The van der Waals surface area contributed by atoms with Crippen LogP contribution in [0.5, 0.6) is 11.5 Å². The number of likely N-dealkylation sites (tertiary alicyclic amines) is 1. The number of carboxylic acids is 1. The van der Waals surface area contributed by atoms with E-state index in [9.17, 15) is 28.1 Å². The standard InChI is InChI=1S/C24H30N4O5.C2HF3O2/c1-27-13-12-24(16-4-9-20(32-2)21(14-16)33-3)11-10-18(15-22(24)27)26-23(29)25-17-5-7-19(8-6-17)28(30)31;3-2(4,5)1(6)7/h4-9,14,18,22H,10-13,15H2,1-3H3,(H2,25,26,29);(H,6,7)/t18-,22+,24+;/m1./s1. The van der Waals surface area contributed by atoms with Crippen molar-refractivity contribution < 1.29 is 42.3 Å². The molecule has 0 bridgehead atoms. The fraction of sp³-hybridized carbons (Fsp3) is 0.462. The third-order valence-corrected chi connectivity index (χ3v) is 7.40. The second-order valence-electron chi connectivity index (χ2n) is 9.65. The van der Waals surface area contributed by atoms with E-state index in [-0.39, 0.29) is 23.2 Å². The second kappa shape index (κ2) is 12.4. The number of anilines is 1. The highest BCUT2D eigenvalue weighted by molar-refractivity contribution is 5.89. The number of hydrogen-bond acceptors (Lipinski definition) is 7. The number of alkyl halides is 3. The van der Waals surface area contributed by atoms with Gasteiger partial charge in [-0.25, -0.2) is 9.59 Å². The summed E-state index contributed by atoms with van der Waals surface area (Å²) in [7, 11) is 5.44. The van der Waals surface area contributed by atoms with E-state index in [4.69, 9.17) is 19.4 Å². The number of carbonyl (C=O) groups is 2. The zero-order valence-electron chi connectivity index (χ0n) is 22.2. The summed E-state index contributed by atoms with van der Waals surface area (Å²) >= 11 is 0. The average molecular weight is 569 g/mol. The van der Waals surface area contributed by atoms with Crippen LogP contribution in [0.25, 0.3) is 0 Å². The Kier molecular flexibility index (Phi) is 9.45. The number of ether oxygens (including phenoxy) is 2. The Balaban J connectivity index is 0.000000559. The van der Waals surface area contributed by atoms with Crippen LogP contribution in [0.3, 0.4) is 0 Å². The van der Waals surface area contributed by atoms with Gasteiger partial charge < -0.3 is 30.1 Å². The molecule has 40 heavy (non-hydrogen) atoms. The first-order valence-corrected chi connectivity index (χ1v) is 12.4. The van der Waals surface area contributed by atoms with E-state index in [0.717, 1.165) is 43.7 Å². The summed E-state index contributed by atoms with van der Waals surface area (Å²) in [4.78, 5) is 34.2. The van der Waals surface area contributed by atoms with E-state index >= 15 is 0 Å². The maximum absolute atomic E-state index is 12.6. The number of nitrogens with one attached hydrogen (secondary N) is 2. The monoisotopic (exact) mass is 568 g/mol. The topological polar surface area (TPSA) is 143 Å². The van der Waals surface area contributed by atoms with Gasteiger partial charge in [0.2, 0.25) is 0 Å². The van der Waals surface area contributed by atoms with Gasteiger partial charge >= 0.3 is 18.2 Å². The Morgan fingerprint density at radius 3 is 2.27 bits per heavy atom. The van der Waals surface area contributed by atoms with Gasteiger partial charge in [-0.2, -0.15) is 13.2 Å². The SMILES string of the molecule is COc1ccc([C@@]23CC[C@@H](NC(=O)Nc4ccc([N+](=O)[O-])cc4)C[C@@H]2N(C)CC3)cc1OC.O=C(O)C(F)(F)F. The van der Waals surface area contributed by atoms with Crippen LogP contribution in [-0.4, -0.2) is 73.0 Å². The van der Waals surface area contributed by atoms with E-state index in [1.54, 1.807) is 14.2 Å². The number of non-ortho nitro benzene ring substituents is 1. The van der Waals surface area contributed by atoms with Crippen LogP contribution in [0.1, 0.15) is 31.2 Å². The van der Waals surface area contributed by atoms with Gasteiger partial charge in [-0.15, -0.1) is 0 Å². The van der Waals surface area contributed by atoms with Crippen LogP contribution in [0.4, 0.5) is 29.3 Å². The number of urea groups is 1. The number of amides is 2. The van der Waals surface area contributed by atoms with Gasteiger partial charge in [-0.3, -0.25) is 10.1 Å². The number of carbonyl (C=O) groups excluding carboxylic acids is 1. The molecule has 1 aliphatic heterocycles. The minimum Gasteiger partial charge on any atom is -0.493 e. The lowest BCUT2D eigenvalue weighted by atomic mass is 9.65. The van der Waals surface area contributed by atoms with Crippen LogP contribution in [0.2, 0.25) is 0 Å². The van der Waals surface area contributed by atoms with Crippen LogP contribution in [0.15, 0.2) is 42.5 Å². The molecule has 4 rings (SSSR count). The third-order valence-electron chi connectivity index (χ3n) is 7.40. The number of carboxylic acid groups (broad SMARTS) is 1. The quantitative estimate of drug-likeness (QED) is 0.340. The van der Waals surface area contributed by atoms with Crippen LogP contribution in [0, 0.1) is 10.1 Å². The van der Waals surface area contributed by atoms with Crippen molar-refractivity contribution in [2.45, 2.75) is 49.4 Å². The normalized spacial score (nSPS) is 22.2. The van der Waals surface area contributed by atoms with E-state index in [2.05, 4.69) is 34.7 Å². The largest absolute Gasteiger partial charge is 0.493 e. The molecule has 0 radical (unpaired) electrons. The van der Waals surface area contributed by atoms with Gasteiger partial charge in [0, 0.05) is 35.3 Å². The van der Waals surface area contributed by atoms with Crippen molar-refractivity contribution in [3.05, 3.63) is 58.1 Å². The molecule has 1 aliphatic carbocycles.